The van der Waals surface area contributed by atoms with Gasteiger partial charge in [-0.1, -0.05) is 42.5 Å². The minimum Gasteiger partial charge on any atom is -0.339 e. The lowest BCUT2D eigenvalue weighted by atomic mass is 9.92. The van der Waals surface area contributed by atoms with Gasteiger partial charge < -0.3 is 14.8 Å². The molecule has 50 heavy (non-hydrogen) atoms. The molecule has 13 heteroatoms. The summed E-state index contributed by atoms with van der Waals surface area (Å²) in [5.74, 6) is -0.591. The number of pyridine rings is 1. The molecule has 0 radical (unpaired) electrons. The number of alkyl halides is 3. The average molecular weight is 717 g/mol. The van der Waals surface area contributed by atoms with Crippen molar-refractivity contribution in [3.63, 3.8) is 0 Å². The lowest BCUT2D eigenvalue weighted by Crippen LogP contribution is -2.50. The molecule has 258 valence electrons. The number of aromatic amines is 1. The van der Waals surface area contributed by atoms with Crippen LogP contribution in [0.2, 0.25) is 0 Å². The quantitative estimate of drug-likeness (QED) is 0.169. The van der Waals surface area contributed by atoms with Gasteiger partial charge in [-0.15, -0.1) is 0 Å². The second kappa shape index (κ2) is 14.0. The Bertz CT molecular complexity index is 2150. The Morgan fingerprint density at radius 1 is 0.960 bits per heavy atom. The van der Waals surface area contributed by atoms with Gasteiger partial charge in [0.2, 0.25) is 5.91 Å². The Morgan fingerprint density at radius 3 is 2.36 bits per heavy atom. The van der Waals surface area contributed by atoms with Crippen molar-refractivity contribution in [1.29, 1.82) is 0 Å². The van der Waals surface area contributed by atoms with Crippen molar-refractivity contribution < 1.29 is 22.2 Å². The molecule has 1 atom stereocenters. The van der Waals surface area contributed by atoms with E-state index in [2.05, 4.69) is 9.88 Å². The molecule has 3 aromatic carbocycles. The minimum absolute atomic E-state index is 0.0804. The second-order valence-corrected chi connectivity index (χ2v) is 14.7. The molecule has 1 aliphatic rings. The summed E-state index contributed by atoms with van der Waals surface area (Å²) in [6.45, 7) is 1.31. The van der Waals surface area contributed by atoms with Crippen LogP contribution >= 0.6 is 11.3 Å². The smallest absolute Gasteiger partial charge is 0.339 e. The van der Waals surface area contributed by atoms with E-state index < -0.39 is 29.6 Å². The molecular weight excluding hydrogens is 682 g/mol. The van der Waals surface area contributed by atoms with E-state index in [9.17, 15) is 22.2 Å². The lowest BCUT2D eigenvalue weighted by Gasteiger charge is -2.33. The first-order valence-corrected chi connectivity index (χ1v) is 18.2. The van der Waals surface area contributed by atoms with Crippen molar-refractivity contribution in [3.8, 4) is 22.3 Å². The Labute approximate surface area is 294 Å². The second-order valence-electron chi connectivity index (χ2n) is 12.4. The number of piperazine rings is 1. The molecule has 0 bridgehead atoms. The zero-order valence-electron chi connectivity index (χ0n) is 27.5. The first-order chi connectivity index (χ1) is 24.1. The summed E-state index contributed by atoms with van der Waals surface area (Å²) in [4.78, 5) is 27.1. The van der Waals surface area contributed by atoms with E-state index in [1.165, 1.54) is 11.3 Å². The molecule has 4 heterocycles. The summed E-state index contributed by atoms with van der Waals surface area (Å²) >= 11 is 1.49. The first-order valence-electron chi connectivity index (χ1n) is 16.1. The van der Waals surface area contributed by atoms with Crippen LogP contribution in [0, 0.1) is 0 Å². The number of amides is 1. The number of fused-ring (bicyclic) bond motifs is 3. The van der Waals surface area contributed by atoms with E-state index >= 15 is 0 Å². The minimum atomic E-state index is -4.57. The van der Waals surface area contributed by atoms with E-state index in [1.807, 2.05) is 77.3 Å². The van der Waals surface area contributed by atoms with Gasteiger partial charge in [0.25, 0.3) is 0 Å². The molecule has 6 aromatic rings. The summed E-state index contributed by atoms with van der Waals surface area (Å²) in [6.07, 6.45) is -2.80. The van der Waals surface area contributed by atoms with E-state index in [1.54, 1.807) is 41.8 Å². The van der Waals surface area contributed by atoms with Gasteiger partial charge in [-0.25, -0.2) is 9.19 Å². The maximum Gasteiger partial charge on any atom is 0.406 e. The monoisotopic (exact) mass is 716 g/mol. The third-order valence-electron chi connectivity index (χ3n) is 9.06. The van der Waals surface area contributed by atoms with Crippen molar-refractivity contribution in [2.24, 2.45) is 0 Å². The number of rotatable bonds is 9. The number of likely N-dealkylation sites (N-methyl/N-ethyl adjacent to an activating group) is 1. The molecule has 1 aliphatic heterocycles. The molecule has 8 nitrogen and oxygen atoms in total. The number of halogens is 3. The molecule has 0 saturated carbocycles. The van der Waals surface area contributed by atoms with Crippen molar-refractivity contribution in [2.75, 3.05) is 62.6 Å². The number of carbonyl (C=O) groups is 1. The maximum atomic E-state index is 13.8. The van der Waals surface area contributed by atoms with Crippen LogP contribution in [0.25, 0.3) is 44.2 Å². The standard InChI is InChI=1S/C37H35F3N6O2S2/c1-43-15-17-45(18-16-43)22-33(47)46(24-37(38,39)40)27-10-8-25(9-11-27)31-21-41-36-35(34(31)26-6-4-3-5-7-26)30-20-28(12-13-32(30)42-36)44(2)50(48)29-14-19-49-23-29/h3-14,19-21,23H,15-18,22,24H2,1-2H3,(H,41,42). The highest BCUT2D eigenvalue weighted by Gasteiger charge is 2.34. The molecule has 3 aromatic heterocycles. The van der Waals surface area contributed by atoms with Gasteiger partial charge in [0.1, 0.15) is 12.2 Å². The molecule has 1 unspecified atom stereocenters. The Balaban J connectivity index is 1.29. The highest BCUT2D eigenvalue weighted by Crippen LogP contribution is 2.42. The number of thiophene rings is 1. The first kappa shape index (κ1) is 33.9. The zero-order valence-corrected chi connectivity index (χ0v) is 29.1. The van der Waals surface area contributed by atoms with Crippen LogP contribution in [0.3, 0.4) is 0 Å². The van der Waals surface area contributed by atoms with E-state index in [0.29, 0.717) is 18.7 Å². The predicted molar refractivity (Wildman–Crippen MR) is 196 cm³/mol. The van der Waals surface area contributed by atoms with Gasteiger partial charge in [0, 0.05) is 77.9 Å². The normalized spacial score (nSPS) is 15.1. The number of hydrogen-bond acceptors (Lipinski definition) is 6. The lowest BCUT2D eigenvalue weighted by molar-refractivity contribution is -0.133. The summed E-state index contributed by atoms with van der Waals surface area (Å²) in [7, 11) is 2.39. The van der Waals surface area contributed by atoms with Crippen LogP contribution in [-0.2, 0) is 15.8 Å². The van der Waals surface area contributed by atoms with Crippen LogP contribution in [0.5, 0.6) is 0 Å². The number of carbonyl (C=O) groups excluding carboxylic acids is 1. The van der Waals surface area contributed by atoms with Crippen LogP contribution in [0.4, 0.5) is 24.5 Å². The molecule has 0 aliphatic carbocycles. The van der Waals surface area contributed by atoms with Crippen LogP contribution in [-0.4, -0.2) is 89.4 Å². The topological polar surface area (TPSA) is 75.8 Å². The summed E-state index contributed by atoms with van der Waals surface area (Å²) in [6, 6.07) is 24.2. The highest BCUT2D eigenvalue weighted by atomic mass is 32.2. The van der Waals surface area contributed by atoms with Crippen molar-refractivity contribution in [1.82, 2.24) is 19.8 Å². The number of nitrogens with one attached hydrogen (secondary N) is 1. The van der Waals surface area contributed by atoms with Crippen molar-refractivity contribution >= 4 is 61.5 Å². The molecule has 1 saturated heterocycles. The number of anilines is 2. The SMILES string of the molecule is CN1CCN(CC(=O)N(CC(F)(F)F)c2ccc(-c3cnc4[nH]c5ccc(N(C)S(=O)c6ccsc6)cc5c4c3-c3ccccc3)cc2)CC1. The van der Waals surface area contributed by atoms with E-state index in [4.69, 9.17) is 4.98 Å². The highest BCUT2D eigenvalue weighted by molar-refractivity contribution is 7.86. The Kier molecular flexibility index (Phi) is 9.49. The fourth-order valence-electron chi connectivity index (χ4n) is 6.37. The molecule has 0 spiro atoms. The average Bonchev–Trinajstić information content (AvgIpc) is 3.79. The molecule has 1 N–H and O–H groups in total. The Morgan fingerprint density at radius 2 is 1.68 bits per heavy atom. The van der Waals surface area contributed by atoms with Crippen LogP contribution < -0.4 is 9.21 Å². The van der Waals surface area contributed by atoms with Gasteiger partial charge in [-0.2, -0.15) is 24.5 Å². The van der Waals surface area contributed by atoms with Crippen molar-refractivity contribution in [2.45, 2.75) is 11.1 Å². The third kappa shape index (κ3) is 7.04. The van der Waals surface area contributed by atoms with Gasteiger partial charge in [0.15, 0.2) is 11.0 Å². The summed E-state index contributed by atoms with van der Waals surface area (Å²) in [5.41, 5.74) is 5.82. The molecule has 7 rings (SSSR count). The van der Waals surface area contributed by atoms with Gasteiger partial charge in [0.05, 0.1) is 17.1 Å². The largest absolute Gasteiger partial charge is 0.406 e. The number of H-pyrrole nitrogens is 1. The van der Waals surface area contributed by atoms with Gasteiger partial charge >= 0.3 is 6.18 Å². The number of nitrogens with zero attached hydrogens (tertiary/aromatic N) is 5. The number of aromatic nitrogens is 2. The summed E-state index contributed by atoms with van der Waals surface area (Å²) < 4.78 is 56.3. The van der Waals surface area contributed by atoms with Gasteiger partial charge in [-0.05, 0) is 60.0 Å². The van der Waals surface area contributed by atoms with Crippen molar-refractivity contribution in [3.05, 3.63) is 95.8 Å². The van der Waals surface area contributed by atoms with Crippen LogP contribution in [0.15, 0.2) is 101 Å². The fraction of sp³-hybridized carbons (Fsp3) is 0.243. The van der Waals surface area contributed by atoms with E-state index in [0.717, 1.165) is 67.1 Å². The zero-order chi connectivity index (χ0) is 35.0. The maximum absolute atomic E-state index is 13.8. The Hall–Kier alpha value is -4.56. The third-order valence-corrected chi connectivity index (χ3v) is 11.3. The summed E-state index contributed by atoms with van der Waals surface area (Å²) in [5, 5.41) is 5.53. The van der Waals surface area contributed by atoms with E-state index in [-0.39, 0.29) is 12.2 Å². The van der Waals surface area contributed by atoms with Crippen LogP contribution in [0.1, 0.15) is 0 Å². The number of benzene rings is 3. The van der Waals surface area contributed by atoms with Gasteiger partial charge in [-0.3, -0.25) is 14.0 Å². The molecule has 1 amide bonds. The number of hydrogen-bond donors (Lipinski definition) is 1. The predicted octanol–water partition coefficient (Wildman–Crippen LogP) is 7.41. The molecular formula is C37H35F3N6O2S2. The fourth-order valence-corrected chi connectivity index (χ4v) is 8.28. The molecule has 1 fully saturated rings.